The molecule has 4 rings (SSSR count). The zero-order valence-corrected chi connectivity index (χ0v) is 14.6. The molecule has 1 aromatic heterocycles. The van der Waals surface area contributed by atoms with Gasteiger partial charge in [0.05, 0.1) is 16.3 Å². The van der Waals surface area contributed by atoms with Gasteiger partial charge < -0.3 is 4.90 Å². The van der Waals surface area contributed by atoms with Crippen LogP contribution in [0.5, 0.6) is 0 Å². The SMILES string of the molecule is CC[C@H](c1ccccc1)N1CC(=O)N(c2nc3ccccc3s2)C1=O. The third kappa shape index (κ3) is 2.68. The van der Waals surface area contributed by atoms with Crippen LogP contribution in [0.4, 0.5) is 9.93 Å². The summed E-state index contributed by atoms with van der Waals surface area (Å²) in [5.41, 5.74) is 1.84. The van der Waals surface area contributed by atoms with Gasteiger partial charge in [-0.3, -0.25) is 4.79 Å². The number of benzene rings is 2. The smallest absolute Gasteiger partial charge is 0.308 e. The molecule has 0 aliphatic carbocycles. The van der Waals surface area contributed by atoms with E-state index in [4.69, 9.17) is 0 Å². The van der Waals surface area contributed by atoms with E-state index in [-0.39, 0.29) is 24.5 Å². The van der Waals surface area contributed by atoms with Crippen LogP contribution in [0, 0.1) is 0 Å². The zero-order valence-electron chi connectivity index (χ0n) is 13.8. The van der Waals surface area contributed by atoms with Gasteiger partial charge in [-0.2, -0.15) is 0 Å². The quantitative estimate of drug-likeness (QED) is 0.662. The molecule has 0 saturated carbocycles. The Morgan fingerprint density at radius 3 is 2.52 bits per heavy atom. The lowest BCUT2D eigenvalue weighted by atomic mass is 10.0. The number of rotatable bonds is 4. The Balaban J connectivity index is 1.68. The van der Waals surface area contributed by atoms with E-state index in [1.54, 1.807) is 4.90 Å². The predicted molar refractivity (Wildman–Crippen MR) is 98.7 cm³/mol. The van der Waals surface area contributed by atoms with Gasteiger partial charge in [0.1, 0.15) is 6.54 Å². The van der Waals surface area contributed by atoms with E-state index >= 15 is 0 Å². The molecule has 2 heterocycles. The van der Waals surface area contributed by atoms with Gasteiger partial charge in [-0.1, -0.05) is 60.7 Å². The number of thiazole rings is 1. The molecule has 0 N–H and O–H groups in total. The Morgan fingerprint density at radius 2 is 1.80 bits per heavy atom. The summed E-state index contributed by atoms with van der Waals surface area (Å²) in [4.78, 5) is 32.8. The number of aromatic nitrogens is 1. The first-order valence-corrected chi connectivity index (χ1v) is 9.04. The second-order valence-corrected chi connectivity index (χ2v) is 6.95. The number of urea groups is 1. The van der Waals surface area contributed by atoms with E-state index < -0.39 is 0 Å². The van der Waals surface area contributed by atoms with E-state index in [1.165, 1.54) is 16.2 Å². The van der Waals surface area contributed by atoms with Crippen LogP contribution in [0.2, 0.25) is 0 Å². The highest BCUT2D eigenvalue weighted by Crippen LogP contribution is 2.34. The monoisotopic (exact) mass is 351 g/mol. The summed E-state index contributed by atoms with van der Waals surface area (Å²) in [6.07, 6.45) is 0.747. The van der Waals surface area contributed by atoms with Gasteiger partial charge >= 0.3 is 6.03 Å². The maximum Gasteiger partial charge on any atom is 0.334 e. The first-order chi connectivity index (χ1) is 12.2. The molecule has 126 valence electrons. The molecule has 1 fully saturated rings. The largest absolute Gasteiger partial charge is 0.334 e. The molecule has 3 aromatic rings. The first-order valence-electron chi connectivity index (χ1n) is 8.23. The molecule has 25 heavy (non-hydrogen) atoms. The molecule has 3 amide bonds. The average molecular weight is 351 g/mol. The van der Waals surface area contributed by atoms with Gasteiger partial charge in [0.15, 0.2) is 0 Å². The highest BCUT2D eigenvalue weighted by molar-refractivity contribution is 7.22. The molecule has 5 nitrogen and oxygen atoms in total. The van der Waals surface area contributed by atoms with E-state index in [2.05, 4.69) is 4.98 Å². The summed E-state index contributed by atoms with van der Waals surface area (Å²) < 4.78 is 0.964. The second-order valence-electron chi connectivity index (χ2n) is 5.94. The molecule has 0 spiro atoms. The van der Waals surface area contributed by atoms with Crippen molar-refractivity contribution in [3.63, 3.8) is 0 Å². The Hall–Kier alpha value is -2.73. The van der Waals surface area contributed by atoms with Crippen molar-refractivity contribution >= 4 is 38.6 Å². The summed E-state index contributed by atoms with van der Waals surface area (Å²) in [5.74, 6) is -0.224. The van der Waals surface area contributed by atoms with Gasteiger partial charge in [0, 0.05) is 0 Å². The third-order valence-electron chi connectivity index (χ3n) is 4.41. The van der Waals surface area contributed by atoms with Crippen LogP contribution in [0.1, 0.15) is 24.9 Å². The fraction of sp³-hybridized carbons (Fsp3) is 0.211. The molecule has 2 aromatic carbocycles. The molecule has 1 aliphatic rings. The summed E-state index contributed by atoms with van der Waals surface area (Å²) in [5, 5.41) is 0.446. The summed E-state index contributed by atoms with van der Waals surface area (Å²) in [6, 6.07) is 17.1. The fourth-order valence-electron chi connectivity index (χ4n) is 3.22. The number of anilines is 1. The molecular weight excluding hydrogens is 334 g/mol. The van der Waals surface area contributed by atoms with Crippen LogP contribution in [-0.2, 0) is 4.79 Å². The number of carbonyl (C=O) groups excluding carboxylic acids is 2. The van der Waals surface area contributed by atoms with E-state index in [9.17, 15) is 9.59 Å². The van der Waals surface area contributed by atoms with Crippen molar-refractivity contribution in [2.45, 2.75) is 19.4 Å². The number of hydrogen-bond acceptors (Lipinski definition) is 4. The second kappa shape index (κ2) is 6.29. The van der Waals surface area contributed by atoms with Crippen LogP contribution < -0.4 is 4.90 Å². The normalized spacial score (nSPS) is 16.0. The van der Waals surface area contributed by atoms with Gasteiger partial charge in [0.25, 0.3) is 5.91 Å². The number of nitrogens with zero attached hydrogens (tertiary/aromatic N) is 3. The number of imide groups is 1. The molecule has 1 aliphatic heterocycles. The Morgan fingerprint density at radius 1 is 1.08 bits per heavy atom. The molecule has 1 atom stereocenters. The minimum atomic E-state index is -0.292. The summed E-state index contributed by atoms with van der Waals surface area (Å²) in [7, 11) is 0. The maximum atomic E-state index is 13.0. The zero-order chi connectivity index (χ0) is 17.4. The van der Waals surface area contributed by atoms with E-state index in [1.807, 2.05) is 61.5 Å². The minimum Gasteiger partial charge on any atom is -0.308 e. The van der Waals surface area contributed by atoms with Crippen LogP contribution in [0.15, 0.2) is 54.6 Å². The highest BCUT2D eigenvalue weighted by atomic mass is 32.1. The summed E-state index contributed by atoms with van der Waals surface area (Å²) in [6.45, 7) is 2.11. The van der Waals surface area contributed by atoms with Gasteiger partial charge in [-0.15, -0.1) is 0 Å². The molecule has 6 heteroatoms. The standard InChI is InChI=1S/C19H17N3O2S/c1-2-15(13-8-4-3-5-9-13)21-12-17(23)22(19(21)24)18-20-14-10-6-7-11-16(14)25-18/h3-11,15H,2,12H2,1H3/t15-/m1/s1. The number of hydrogen-bond donors (Lipinski definition) is 0. The Bertz CT molecular complexity index is 905. The van der Waals surface area contributed by atoms with E-state index in [0.717, 1.165) is 22.2 Å². The molecule has 0 bridgehead atoms. The topological polar surface area (TPSA) is 53.5 Å². The first kappa shape index (κ1) is 15.8. The third-order valence-corrected chi connectivity index (χ3v) is 5.43. The van der Waals surface area contributed by atoms with E-state index in [0.29, 0.717) is 5.13 Å². The average Bonchev–Trinajstić information content (AvgIpc) is 3.17. The predicted octanol–water partition coefficient (Wildman–Crippen LogP) is 4.22. The van der Waals surface area contributed by atoms with Crippen molar-refractivity contribution in [3.8, 4) is 0 Å². The molecular formula is C19H17N3O2S. The van der Waals surface area contributed by atoms with Gasteiger partial charge in [0.2, 0.25) is 5.13 Å². The maximum absolute atomic E-state index is 13.0. The Kier molecular flexibility index (Phi) is 3.97. The van der Waals surface area contributed by atoms with Crippen LogP contribution in [0.25, 0.3) is 10.2 Å². The molecule has 1 saturated heterocycles. The number of para-hydroxylation sites is 1. The van der Waals surface area contributed by atoms with Crippen LogP contribution >= 0.6 is 11.3 Å². The van der Waals surface area contributed by atoms with Crippen molar-refractivity contribution in [3.05, 3.63) is 60.2 Å². The van der Waals surface area contributed by atoms with Crippen LogP contribution in [-0.4, -0.2) is 28.4 Å². The number of carbonyl (C=O) groups is 2. The fourth-order valence-corrected chi connectivity index (χ4v) is 4.19. The minimum absolute atomic E-state index is 0.0855. The lowest BCUT2D eigenvalue weighted by Crippen LogP contribution is -2.35. The molecule has 0 radical (unpaired) electrons. The van der Waals surface area contributed by atoms with Crippen molar-refractivity contribution in [1.29, 1.82) is 0 Å². The van der Waals surface area contributed by atoms with Crippen molar-refractivity contribution in [1.82, 2.24) is 9.88 Å². The lowest BCUT2D eigenvalue weighted by Gasteiger charge is -2.26. The molecule has 0 unspecified atom stereocenters. The lowest BCUT2D eigenvalue weighted by molar-refractivity contribution is -0.116. The van der Waals surface area contributed by atoms with Gasteiger partial charge in [-0.25, -0.2) is 14.7 Å². The number of fused-ring (bicyclic) bond motifs is 1. The van der Waals surface area contributed by atoms with Crippen molar-refractivity contribution < 1.29 is 9.59 Å². The van der Waals surface area contributed by atoms with Gasteiger partial charge in [-0.05, 0) is 24.1 Å². The van der Waals surface area contributed by atoms with Crippen molar-refractivity contribution in [2.24, 2.45) is 0 Å². The highest BCUT2D eigenvalue weighted by Gasteiger charge is 2.42. The van der Waals surface area contributed by atoms with Crippen LogP contribution in [0.3, 0.4) is 0 Å². The summed E-state index contributed by atoms with van der Waals surface area (Å²) >= 11 is 1.37. The number of amides is 3. The Labute approximate surface area is 149 Å². The van der Waals surface area contributed by atoms with Crippen molar-refractivity contribution in [2.75, 3.05) is 11.4 Å².